The van der Waals surface area contributed by atoms with Crippen molar-refractivity contribution in [3.8, 4) is 11.5 Å². The van der Waals surface area contributed by atoms with E-state index in [1.807, 2.05) is 24.4 Å². The number of nitrogens with one attached hydrogen (secondary N) is 2. The molecule has 0 amide bonds. The number of rotatable bonds is 11. The summed E-state index contributed by atoms with van der Waals surface area (Å²) in [6.45, 7) is 1.93. The number of alkyl halides is 4. The van der Waals surface area contributed by atoms with Crippen molar-refractivity contribution in [2.75, 3.05) is 25.1 Å². The first kappa shape index (κ1) is 21.8. The molecule has 0 spiro atoms. The van der Waals surface area contributed by atoms with E-state index in [-0.39, 0.29) is 5.75 Å². The van der Waals surface area contributed by atoms with Crippen molar-refractivity contribution in [1.29, 1.82) is 0 Å². The minimum absolute atomic E-state index is 0.102. The quantitative estimate of drug-likeness (QED) is 0.377. The average molecular weight is 424 g/mol. The third-order valence-corrected chi connectivity index (χ3v) is 4.52. The van der Waals surface area contributed by atoms with Crippen molar-refractivity contribution in [2.24, 2.45) is 0 Å². The maximum absolute atomic E-state index is 13.0. The van der Waals surface area contributed by atoms with Crippen molar-refractivity contribution in [1.82, 2.24) is 4.98 Å². The van der Waals surface area contributed by atoms with Crippen molar-refractivity contribution in [3.63, 3.8) is 0 Å². The topological polar surface area (TPSA) is 46.3 Å². The molecule has 0 fully saturated rings. The monoisotopic (exact) mass is 424 g/mol. The Morgan fingerprint density at radius 2 is 1.87 bits per heavy atom. The van der Waals surface area contributed by atoms with Gasteiger partial charge in [-0.3, -0.25) is 0 Å². The number of fused-ring (bicyclic) bond motifs is 1. The molecule has 162 valence electrons. The zero-order chi connectivity index (χ0) is 21.6. The summed E-state index contributed by atoms with van der Waals surface area (Å²) < 4.78 is 61.0. The van der Waals surface area contributed by atoms with Gasteiger partial charge in [-0.1, -0.05) is 13.0 Å². The van der Waals surface area contributed by atoms with Crippen molar-refractivity contribution >= 4 is 16.6 Å². The standard InChI is InChI=1S/C22H24F4N2O2/c1-2-10-29-18-6-7-20-19(12-18)15(13-28-20)8-9-27-16-4-3-5-17(11-16)30-14-22(25,26)21(23)24/h3-7,11-13,21,27-28H,2,8-10,14H2,1H3. The second kappa shape index (κ2) is 9.73. The van der Waals surface area contributed by atoms with E-state index in [4.69, 9.17) is 9.47 Å². The second-order valence-corrected chi connectivity index (χ2v) is 6.92. The molecular formula is C22H24F4N2O2. The van der Waals surface area contributed by atoms with Gasteiger partial charge in [-0.05, 0) is 48.7 Å². The van der Waals surface area contributed by atoms with E-state index in [2.05, 4.69) is 17.2 Å². The van der Waals surface area contributed by atoms with Crippen LogP contribution in [-0.4, -0.2) is 37.1 Å². The number of ether oxygens (including phenoxy) is 2. The fourth-order valence-electron chi connectivity index (χ4n) is 2.95. The zero-order valence-electron chi connectivity index (χ0n) is 16.6. The van der Waals surface area contributed by atoms with Gasteiger partial charge in [-0.2, -0.15) is 8.78 Å². The largest absolute Gasteiger partial charge is 0.494 e. The van der Waals surface area contributed by atoms with Crippen molar-refractivity contribution in [3.05, 3.63) is 54.2 Å². The lowest BCUT2D eigenvalue weighted by molar-refractivity contribution is -0.148. The highest BCUT2D eigenvalue weighted by Crippen LogP contribution is 2.26. The molecule has 0 aliphatic heterocycles. The minimum atomic E-state index is -4.18. The lowest BCUT2D eigenvalue weighted by Gasteiger charge is -2.16. The summed E-state index contributed by atoms with van der Waals surface area (Å²) in [4.78, 5) is 3.23. The normalized spacial score (nSPS) is 11.8. The molecule has 0 bridgehead atoms. The molecule has 0 aliphatic rings. The zero-order valence-corrected chi connectivity index (χ0v) is 16.6. The number of hydrogen-bond donors (Lipinski definition) is 2. The van der Waals surface area contributed by atoms with Crippen LogP contribution in [0.1, 0.15) is 18.9 Å². The highest BCUT2D eigenvalue weighted by Gasteiger charge is 2.41. The van der Waals surface area contributed by atoms with Gasteiger partial charge in [-0.15, -0.1) is 0 Å². The van der Waals surface area contributed by atoms with Crippen LogP contribution in [-0.2, 0) is 6.42 Å². The predicted octanol–water partition coefficient (Wildman–Crippen LogP) is 5.89. The molecule has 8 heteroatoms. The molecule has 0 radical (unpaired) electrons. The molecule has 0 atom stereocenters. The summed E-state index contributed by atoms with van der Waals surface area (Å²) in [6, 6.07) is 12.2. The van der Waals surface area contributed by atoms with E-state index in [0.717, 1.165) is 28.6 Å². The molecule has 1 heterocycles. The number of benzene rings is 2. The first-order valence-corrected chi connectivity index (χ1v) is 9.74. The van der Waals surface area contributed by atoms with Crippen LogP contribution in [0.15, 0.2) is 48.7 Å². The number of aromatic amines is 1. The maximum Gasteiger partial charge on any atom is 0.340 e. The average Bonchev–Trinajstić information content (AvgIpc) is 3.13. The molecule has 4 nitrogen and oxygen atoms in total. The molecule has 2 aromatic carbocycles. The molecule has 3 aromatic rings. The van der Waals surface area contributed by atoms with Gasteiger partial charge in [0.15, 0.2) is 6.61 Å². The molecule has 1 aromatic heterocycles. The summed E-state index contributed by atoms with van der Waals surface area (Å²) >= 11 is 0. The molecular weight excluding hydrogens is 400 g/mol. The Bertz CT molecular complexity index is 959. The number of H-pyrrole nitrogens is 1. The second-order valence-electron chi connectivity index (χ2n) is 6.92. The Kier molecular flexibility index (Phi) is 7.07. The minimum Gasteiger partial charge on any atom is -0.494 e. The summed E-state index contributed by atoms with van der Waals surface area (Å²) in [6.07, 6.45) is -0.166. The fraction of sp³-hybridized carbons (Fsp3) is 0.364. The molecule has 0 unspecified atom stereocenters. The molecule has 30 heavy (non-hydrogen) atoms. The fourth-order valence-corrected chi connectivity index (χ4v) is 2.95. The van der Waals surface area contributed by atoms with Gasteiger partial charge in [0.1, 0.15) is 11.5 Å². The first-order valence-electron chi connectivity index (χ1n) is 9.74. The van der Waals surface area contributed by atoms with Crippen LogP contribution in [0.3, 0.4) is 0 Å². The lowest BCUT2D eigenvalue weighted by atomic mass is 10.1. The summed E-state index contributed by atoms with van der Waals surface area (Å²) in [5.41, 5.74) is 2.78. The van der Waals surface area contributed by atoms with E-state index in [0.29, 0.717) is 25.3 Å². The Morgan fingerprint density at radius 3 is 2.63 bits per heavy atom. The van der Waals surface area contributed by atoms with Crippen LogP contribution in [0.4, 0.5) is 23.2 Å². The maximum atomic E-state index is 13.0. The summed E-state index contributed by atoms with van der Waals surface area (Å²) in [5, 5.41) is 4.28. The highest BCUT2D eigenvalue weighted by atomic mass is 19.3. The van der Waals surface area contributed by atoms with Crippen molar-refractivity contribution in [2.45, 2.75) is 32.1 Å². The third-order valence-electron chi connectivity index (χ3n) is 4.52. The van der Waals surface area contributed by atoms with Gasteiger partial charge >= 0.3 is 12.3 Å². The molecule has 3 rings (SSSR count). The summed E-state index contributed by atoms with van der Waals surface area (Å²) in [5.74, 6) is -3.26. The van der Waals surface area contributed by atoms with Crippen LogP contribution in [0.25, 0.3) is 10.9 Å². The van der Waals surface area contributed by atoms with Gasteiger partial charge in [0, 0.05) is 35.4 Å². The van der Waals surface area contributed by atoms with Gasteiger partial charge in [0.25, 0.3) is 0 Å². The first-order chi connectivity index (χ1) is 14.4. The molecule has 2 N–H and O–H groups in total. The van der Waals surface area contributed by atoms with Gasteiger partial charge in [0.05, 0.1) is 6.61 Å². The number of aromatic nitrogens is 1. The Morgan fingerprint density at radius 1 is 1.07 bits per heavy atom. The molecule has 0 saturated carbocycles. The van der Waals surface area contributed by atoms with Crippen LogP contribution in [0.5, 0.6) is 11.5 Å². The van der Waals surface area contributed by atoms with E-state index in [9.17, 15) is 17.6 Å². The van der Waals surface area contributed by atoms with E-state index >= 15 is 0 Å². The van der Waals surface area contributed by atoms with Crippen LogP contribution >= 0.6 is 0 Å². The Hall–Kier alpha value is -2.90. The van der Waals surface area contributed by atoms with Crippen LogP contribution in [0, 0.1) is 0 Å². The smallest absolute Gasteiger partial charge is 0.340 e. The number of anilines is 1. The molecule has 0 aliphatic carbocycles. The Balaban J connectivity index is 1.57. The Labute approximate surface area is 172 Å². The summed E-state index contributed by atoms with van der Waals surface area (Å²) in [7, 11) is 0. The van der Waals surface area contributed by atoms with E-state index in [1.54, 1.807) is 12.1 Å². The highest BCUT2D eigenvalue weighted by molar-refractivity contribution is 5.84. The third kappa shape index (κ3) is 5.58. The van der Waals surface area contributed by atoms with Gasteiger partial charge in [0.2, 0.25) is 0 Å². The number of hydrogen-bond acceptors (Lipinski definition) is 3. The molecule has 0 saturated heterocycles. The predicted molar refractivity (Wildman–Crippen MR) is 109 cm³/mol. The van der Waals surface area contributed by atoms with E-state index < -0.39 is 19.0 Å². The SMILES string of the molecule is CCCOc1ccc2[nH]cc(CCNc3cccc(OCC(F)(F)C(F)F)c3)c2c1. The lowest BCUT2D eigenvalue weighted by Crippen LogP contribution is -2.33. The van der Waals surface area contributed by atoms with Gasteiger partial charge < -0.3 is 19.8 Å². The van der Waals surface area contributed by atoms with Crippen LogP contribution < -0.4 is 14.8 Å². The van der Waals surface area contributed by atoms with Gasteiger partial charge in [-0.25, -0.2) is 8.78 Å². The van der Waals surface area contributed by atoms with E-state index in [1.165, 1.54) is 12.1 Å². The van der Waals surface area contributed by atoms with Crippen molar-refractivity contribution < 1.29 is 27.0 Å². The van der Waals surface area contributed by atoms with Crippen LogP contribution in [0.2, 0.25) is 0 Å². The number of halogens is 4.